The quantitative estimate of drug-likeness (QED) is 0.608. The highest BCUT2D eigenvalue weighted by atomic mass is 32.2. The molecule has 1 aliphatic heterocycles. The molecule has 23 heavy (non-hydrogen) atoms. The largest absolute Gasteiger partial charge is 0.447 e. The Labute approximate surface area is 143 Å². The molecule has 3 rings (SSSR count). The predicted octanol–water partition coefficient (Wildman–Crippen LogP) is 2.87. The van der Waals surface area contributed by atoms with Gasteiger partial charge in [-0.1, -0.05) is 23.1 Å². The molecule has 6 nitrogen and oxygen atoms in total. The Morgan fingerprint density at radius 3 is 2.83 bits per heavy atom. The van der Waals surface area contributed by atoms with Crippen LogP contribution in [-0.2, 0) is 9.53 Å². The number of halogens is 1. The summed E-state index contributed by atoms with van der Waals surface area (Å²) in [6, 6.07) is 5.80. The number of benzene rings is 1. The van der Waals surface area contributed by atoms with Crippen molar-refractivity contribution >= 4 is 47.3 Å². The van der Waals surface area contributed by atoms with Gasteiger partial charge < -0.3 is 4.74 Å². The molecular weight excluding hydrogens is 361 g/mol. The van der Waals surface area contributed by atoms with Crippen molar-refractivity contribution in [3.8, 4) is 5.69 Å². The normalized spacial score (nSPS) is 14.1. The summed E-state index contributed by atoms with van der Waals surface area (Å²) in [6.45, 7) is 0.505. The molecule has 2 heterocycles. The zero-order valence-corrected chi connectivity index (χ0v) is 14.0. The first-order valence-electron chi connectivity index (χ1n) is 6.50. The van der Waals surface area contributed by atoms with Crippen molar-refractivity contribution in [1.29, 1.82) is 0 Å². The third kappa shape index (κ3) is 3.59. The van der Waals surface area contributed by atoms with Crippen LogP contribution < -0.4 is 0 Å². The van der Waals surface area contributed by atoms with Crippen LogP contribution in [0.25, 0.3) is 5.69 Å². The summed E-state index contributed by atoms with van der Waals surface area (Å²) in [4.78, 5) is 24.3. The smallest absolute Gasteiger partial charge is 0.416 e. The monoisotopic (exact) mass is 371 g/mol. The molecule has 1 aromatic heterocycles. The fourth-order valence-electron chi connectivity index (χ4n) is 1.89. The van der Waals surface area contributed by atoms with Gasteiger partial charge in [-0.15, -0.1) is 5.10 Å². The van der Waals surface area contributed by atoms with Gasteiger partial charge in [0.05, 0.1) is 18.0 Å². The van der Waals surface area contributed by atoms with E-state index in [9.17, 15) is 14.0 Å². The van der Waals surface area contributed by atoms with E-state index in [-0.39, 0.29) is 30.6 Å². The van der Waals surface area contributed by atoms with E-state index in [1.54, 1.807) is 12.1 Å². The van der Waals surface area contributed by atoms with Gasteiger partial charge in [0.15, 0.2) is 8.29 Å². The number of thioether (sulfide) groups is 1. The molecule has 1 saturated heterocycles. The van der Waals surface area contributed by atoms with Gasteiger partial charge in [-0.3, -0.25) is 4.79 Å². The summed E-state index contributed by atoms with van der Waals surface area (Å²) in [7, 11) is 0. The molecule has 0 N–H and O–H groups in total. The molecule has 0 aliphatic carbocycles. The number of carbonyl (C=O) groups excluding carboxylic acids is 2. The van der Waals surface area contributed by atoms with Gasteiger partial charge in [-0.2, -0.15) is 0 Å². The van der Waals surface area contributed by atoms with Gasteiger partial charge in [-0.05, 0) is 36.5 Å². The second kappa shape index (κ2) is 6.77. The summed E-state index contributed by atoms with van der Waals surface area (Å²) >= 11 is 7.68. The maximum atomic E-state index is 13.0. The summed E-state index contributed by atoms with van der Waals surface area (Å²) in [5.74, 6) is -0.596. The van der Waals surface area contributed by atoms with Crippen LogP contribution in [0.15, 0.2) is 28.6 Å². The Hall–Kier alpha value is -1.78. The van der Waals surface area contributed by atoms with Gasteiger partial charge in [0.2, 0.25) is 5.91 Å². The molecule has 0 saturated carbocycles. The number of nitrogens with zero attached hydrogens (tertiary/aromatic N) is 3. The summed E-state index contributed by atoms with van der Waals surface area (Å²) in [5.41, 5.74) is 0.647. The van der Waals surface area contributed by atoms with Gasteiger partial charge in [-0.25, -0.2) is 18.8 Å². The van der Waals surface area contributed by atoms with Crippen LogP contribution in [0.3, 0.4) is 0 Å². The molecule has 10 heteroatoms. The number of hydrogen-bond donors (Lipinski definition) is 0. The average molecular weight is 371 g/mol. The highest BCUT2D eigenvalue weighted by Crippen LogP contribution is 2.24. The predicted molar refractivity (Wildman–Crippen MR) is 86.0 cm³/mol. The molecule has 0 atom stereocenters. The number of aromatic nitrogens is 2. The Bertz CT molecular complexity index is 803. The van der Waals surface area contributed by atoms with Crippen LogP contribution in [0.5, 0.6) is 0 Å². The third-order valence-electron chi connectivity index (χ3n) is 2.98. The lowest BCUT2D eigenvalue weighted by atomic mass is 10.3. The van der Waals surface area contributed by atoms with Crippen molar-refractivity contribution in [2.45, 2.75) is 4.34 Å². The highest BCUT2D eigenvalue weighted by Gasteiger charge is 2.28. The van der Waals surface area contributed by atoms with E-state index in [0.29, 0.717) is 14.0 Å². The average Bonchev–Trinajstić information content (AvgIpc) is 3.12. The molecule has 120 valence electrons. The fourth-order valence-corrected chi connectivity index (χ4v) is 4.12. The fraction of sp³-hybridized carbons (Fsp3) is 0.231. The number of hydrogen-bond acceptors (Lipinski definition) is 7. The van der Waals surface area contributed by atoms with E-state index in [4.69, 9.17) is 17.0 Å². The first-order chi connectivity index (χ1) is 11.0. The van der Waals surface area contributed by atoms with Gasteiger partial charge in [0.25, 0.3) is 0 Å². The van der Waals surface area contributed by atoms with Gasteiger partial charge >= 0.3 is 6.09 Å². The van der Waals surface area contributed by atoms with E-state index >= 15 is 0 Å². The minimum atomic E-state index is -0.611. The summed E-state index contributed by atoms with van der Waals surface area (Å²) in [6.07, 6.45) is -0.611. The van der Waals surface area contributed by atoms with E-state index in [1.807, 2.05) is 0 Å². The molecule has 0 radical (unpaired) electrons. The number of ether oxygens (including phenoxy) is 1. The third-order valence-corrected chi connectivity index (χ3v) is 5.33. The van der Waals surface area contributed by atoms with Crippen LogP contribution in [0.4, 0.5) is 9.18 Å². The highest BCUT2D eigenvalue weighted by molar-refractivity contribution is 8.01. The van der Waals surface area contributed by atoms with E-state index < -0.39 is 6.09 Å². The van der Waals surface area contributed by atoms with Crippen molar-refractivity contribution in [2.75, 3.05) is 18.9 Å². The van der Waals surface area contributed by atoms with E-state index in [1.165, 1.54) is 39.9 Å². The minimum Gasteiger partial charge on any atom is -0.447 e. The van der Waals surface area contributed by atoms with Crippen LogP contribution in [0.1, 0.15) is 0 Å². The number of rotatable bonds is 4. The SMILES string of the molecule is O=C(CSc1nn(-c2ccc(F)cc2)c(=S)s1)N1CCOC1=O. The zero-order chi connectivity index (χ0) is 16.4. The number of imide groups is 1. The second-order valence-corrected chi connectivity index (χ2v) is 7.32. The van der Waals surface area contributed by atoms with Crippen LogP contribution in [-0.4, -0.2) is 45.6 Å². The molecule has 1 fully saturated rings. The molecular formula is C13H10FN3O3S3. The van der Waals surface area contributed by atoms with Gasteiger partial charge in [0.1, 0.15) is 12.4 Å². The first-order valence-corrected chi connectivity index (χ1v) is 8.71. The Morgan fingerprint density at radius 1 is 1.43 bits per heavy atom. The standard InChI is InChI=1S/C13H10FN3O3S3/c14-8-1-3-9(4-2-8)17-13(21)23-11(15-17)22-7-10(18)16-5-6-20-12(16)19/h1-4H,5-7H2. The number of carbonyl (C=O) groups is 2. The summed E-state index contributed by atoms with van der Waals surface area (Å²) in [5, 5.41) is 4.31. The van der Waals surface area contributed by atoms with Gasteiger partial charge in [0, 0.05) is 0 Å². The van der Waals surface area contributed by atoms with Crippen molar-refractivity contribution in [3.63, 3.8) is 0 Å². The molecule has 1 aliphatic rings. The molecule has 2 aromatic rings. The topological polar surface area (TPSA) is 64.4 Å². The molecule has 2 amide bonds. The lowest BCUT2D eigenvalue weighted by Gasteiger charge is -2.08. The molecule has 1 aromatic carbocycles. The lowest BCUT2D eigenvalue weighted by molar-refractivity contribution is -0.125. The molecule has 0 spiro atoms. The maximum absolute atomic E-state index is 13.0. The van der Waals surface area contributed by atoms with E-state index in [0.717, 1.165) is 4.90 Å². The Balaban J connectivity index is 1.69. The Kier molecular flexibility index (Phi) is 4.74. The lowest BCUT2D eigenvalue weighted by Crippen LogP contribution is -2.32. The number of cyclic esters (lactones) is 1. The molecule has 0 unspecified atom stereocenters. The number of amides is 2. The van der Waals surface area contributed by atoms with Crippen LogP contribution in [0, 0.1) is 9.77 Å². The van der Waals surface area contributed by atoms with Crippen molar-refractivity contribution in [1.82, 2.24) is 14.7 Å². The second-order valence-electron chi connectivity index (χ2n) is 4.47. The maximum Gasteiger partial charge on any atom is 0.416 e. The Morgan fingerprint density at radius 2 is 2.17 bits per heavy atom. The van der Waals surface area contributed by atoms with Crippen molar-refractivity contribution in [2.24, 2.45) is 0 Å². The van der Waals surface area contributed by atoms with Crippen molar-refractivity contribution < 1.29 is 18.7 Å². The zero-order valence-electron chi connectivity index (χ0n) is 11.6. The summed E-state index contributed by atoms with van der Waals surface area (Å²) < 4.78 is 20.3. The minimum absolute atomic E-state index is 0.0702. The molecule has 0 bridgehead atoms. The van der Waals surface area contributed by atoms with Crippen molar-refractivity contribution in [3.05, 3.63) is 34.0 Å². The van der Waals surface area contributed by atoms with Crippen LogP contribution in [0.2, 0.25) is 0 Å². The first kappa shape index (κ1) is 16.1. The van der Waals surface area contributed by atoms with E-state index in [2.05, 4.69) is 5.10 Å². The van der Waals surface area contributed by atoms with Crippen LogP contribution >= 0.6 is 35.3 Å².